The molecule has 10 N–H and O–H groups in total. The Balaban J connectivity index is 2.90. The van der Waals surface area contributed by atoms with E-state index in [9.17, 15) is 4.57 Å². The molecule has 0 saturated carbocycles. The van der Waals surface area contributed by atoms with Gasteiger partial charge >= 0.3 is 7.82 Å². The van der Waals surface area contributed by atoms with Crippen LogP contribution in [-0.2, 0) is 28.8 Å². The molecule has 10 nitrogen and oxygen atoms in total. The zero-order chi connectivity index (χ0) is 16.8. The molecule has 0 amide bonds. The van der Waals surface area contributed by atoms with Crippen LogP contribution in [0.1, 0.15) is 16.7 Å². The third kappa shape index (κ3) is 7.60. The molecule has 0 aliphatic heterocycles. The smallest absolute Gasteiger partial charge is 0.370 e. The molecule has 0 bridgehead atoms. The van der Waals surface area contributed by atoms with Crippen LogP contribution in [0.3, 0.4) is 0 Å². The van der Waals surface area contributed by atoms with Crippen LogP contribution >= 0.6 is 7.82 Å². The lowest BCUT2D eigenvalue weighted by atomic mass is 10.1. The van der Waals surface area contributed by atoms with Gasteiger partial charge in [0.1, 0.15) is 0 Å². The molecule has 0 unspecified atom stereocenters. The van der Waals surface area contributed by atoms with Crippen LogP contribution in [0.2, 0.25) is 0 Å². The van der Waals surface area contributed by atoms with E-state index in [1.54, 1.807) is 18.2 Å². The normalized spacial score (nSPS) is 11.0. The molecule has 1 aromatic carbocycles. The predicted octanol–water partition coefficient (Wildman–Crippen LogP) is -0.738. The summed E-state index contributed by atoms with van der Waals surface area (Å²) in [5.41, 5.74) is 12.4. The van der Waals surface area contributed by atoms with Crippen LogP contribution in [0.15, 0.2) is 18.2 Å². The number of benzene rings is 1. The Kier molecular flexibility index (Phi) is 6.32. The standard InChI is InChI=1S/C11H19N6O4P/c12-10(13)16-4-7-1-8(5-17-11(14)15)3-9(2-7)6-21-22(18,19)20/h1-3H,4-6H2,(H4,12,13,16)(H4,14,15,17)(H2,18,19,20). The van der Waals surface area contributed by atoms with E-state index in [0.29, 0.717) is 5.56 Å². The molecule has 1 rings (SSSR count). The first-order valence-electron chi connectivity index (χ1n) is 6.13. The molecule has 1 aromatic rings. The van der Waals surface area contributed by atoms with E-state index in [-0.39, 0.29) is 31.6 Å². The monoisotopic (exact) mass is 330 g/mol. The Labute approximate surface area is 127 Å². The van der Waals surface area contributed by atoms with Crippen molar-refractivity contribution in [2.24, 2.45) is 11.5 Å². The van der Waals surface area contributed by atoms with Crippen LogP contribution in [0.25, 0.3) is 0 Å². The summed E-state index contributed by atoms with van der Waals surface area (Å²) < 4.78 is 15.2. The number of rotatable bonds is 7. The van der Waals surface area contributed by atoms with Gasteiger partial charge in [-0.1, -0.05) is 18.2 Å². The molecule has 22 heavy (non-hydrogen) atoms. The van der Waals surface area contributed by atoms with Crippen molar-refractivity contribution in [3.63, 3.8) is 0 Å². The molecule has 0 atom stereocenters. The van der Waals surface area contributed by atoms with Crippen molar-refractivity contribution in [1.29, 1.82) is 10.8 Å². The Morgan fingerprint density at radius 2 is 1.45 bits per heavy atom. The van der Waals surface area contributed by atoms with Crippen molar-refractivity contribution in [2.75, 3.05) is 0 Å². The molecule has 122 valence electrons. The fraction of sp³-hybridized carbons (Fsp3) is 0.273. The lowest BCUT2D eigenvalue weighted by molar-refractivity contribution is 0.189. The highest BCUT2D eigenvalue weighted by atomic mass is 31.2. The average Bonchev–Trinajstić information content (AvgIpc) is 2.40. The summed E-state index contributed by atoms with van der Waals surface area (Å²) in [5.74, 6) is -0.388. The highest BCUT2D eigenvalue weighted by Crippen LogP contribution is 2.37. The molecule has 0 aromatic heterocycles. The number of phosphoric acid groups is 1. The summed E-state index contributed by atoms with van der Waals surface area (Å²) in [6.45, 7) is 0.267. The van der Waals surface area contributed by atoms with E-state index < -0.39 is 7.82 Å². The fourth-order valence-corrected chi connectivity index (χ4v) is 2.00. The van der Waals surface area contributed by atoms with E-state index in [2.05, 4.69) is 15.2 Å². The minimum atomic E-state index is -4.56. The van der Waals surface area contributed by atoms with Crippen LogP contribution in [0, 0.1) is 10.8 Å². The Morgan fingerprint density at radius 1 is 1.05 bits per heavy atom. The van der Waals surface area contributed by atoms with Gasteiger partial charge in [-0.2, -0.15) is 0 Å². The van der Waals surface area contributed by atoms with Crippen molar-refractivity contribution in [2.45, 2.75) is 19.7 Å². The Morgan fingerprint density at radius 3 is 1.82 bits per heavy atom. The van der Waals surface area contributed by atoms with Crippen molar-refractivity contribution in [1.82, 2.24) is 10.6 Å². The summed E-state index contributed by atoms with van der Waals surface area (Å²) in [6.07, 6.45) is 0. The quantitative estimate of drug-likeness (QED) is 0.182. The van der Waals surface area contributed by atoms with Gasteiger partial charge in [-0.25, -0.2) is 4.57 Å². The van der Waals surface area contributed by atoms with Gasteiger partial charge in [-0.3, -0.25) is 15.3 Å². The third-order valence-corrected chi connectivity index (χ3v) is 2.94. The van der Waals surface area contributed by atoms with Gasteiger partial charge in [0.05, 0.1) is 6.61 Å². The van der Waals surface area contributed by atoms with Crippen LogP contribution < -0.4 is 22.1 Å². The van der Waals surface area contributed by atoms with E-state index >= 15 is 0 Å². The zero-order valence-corrected chi connectivity index (χ0v) is 12.6. The van der Waals surface area contributed by atoms with E-state index in [4.69, 9.17) is 32.1 Å². The SMILES string of the molecule is N=C(N)NCc1cc(CNC(=N)N)cc(COP(=O)(O)O)c1. The van der Waals surface area contributed by atoms with Crippen molar-refractivity contribution < 1.29 is 18.9 Å². The summed E-state index contributed by atoms with van der Waals surface area (Å²) in [6, 6.07) is 5.12. The summed E-state index contributed by atoms with van der Waals surface area (Å²) in [7, 11) is -4.56. The number of hydrogen-bond acceptors (Lipinski definition) is 4. The van der Waals surface area contributed by atoms with Gasteiger partial charge < -0.3 is 31.9 Å². The molecule has 0 spiro atoms. The molecular weight excluding hydrogens is 311 g/mol. The first-order valence-corrected chi connectivity index (χ1v) is 7.66. The maximum atomic E-state index is 10.8. The van der Waals surface area contributed by atoms with Crippen LogP contribution in [-0.4, -0.2) is 21.7 Å². The van der Waals surface area contributed by atoms with Crippen LogP contribution in [0.4, 0.5) is 0 Å². The molecule has 0 fully saturated rings. The Hall–Kier alpha value is -2.13. The average molecular weight is 330 g/mol. The minimum absolute atomic E-state index is 0.194. The first-order chi connectivity index (χ1) is 10.2. The number of phosphoric ester groups is 1. The number of nitrogens with one attached hydrogen (secondary N) is 4. The molecule has 11 heteroatoms. The van der Waals surface area contributed by atoms with Crippen molar-refractivity contribution >= 4 is 19.7 Å². The van der Waals surface area contributed by atoms with Gasteiger partial charge in [-0.05, 0) is 16.7 Å². The summed E-state index contributed by atoms with van der Waals surface area (Å²) in [5, 5.41) is 19.5. The topological polar surface area (TPSA) is 191 Å². The Bertz CT molecular complexity index is 566. The highest BCUT2D eigenvalue weighted by Gasteiger charge is 2.14. The second-order valence-corrected chi connectivity index (χ2v) is 5.70. The molecule has 0 heterocycles. The number of nitrogens with two attached hydrogens (primary N) is 2. The summed E-state index contributed by atoms with van der Waals surface area (Å²) in [4.78, 5) is 17.5. The second-order valence-electron chi connectivity index (χ2n) is 4.46. The van der Waals surface area contributed by atoms with E-state index in [1.807, 2.05) is 0 Å². The molecule has 0 saturated heterocycles. The predicted molar refractivity (Wildman–Crippen MR) is 80.8 cm³/mol. The molecular formula is C11H19N6O4P. The largest absolute Gasteiger partial charge is 0.469 e. The number of guanidine groups is 2. The lowest BCUT2D eigenvalue weighted by Crippen LogP contribution is -2.30. The van der Waals surface area contributed by atoms with Crippen molar-refractivity contribution in [3.8, 4) is 0 Å². The summed E-state index contributed by atoms with van der Waals surface area (Å²) >= 11 is 0. The van der Waals surface area contributed by atoms with E-state index in [1.165, 1.54) is 0 Å². The maximum absolute atomic E-state index is 10.8. The second kappa shape index (κ2) is 7.76. The first kappa shape index (κ1) is 17.9. The highest BCUT2D eigenvalue weighted by molar-refractivity contribution is 7.46. The third-order valence-electron chi connectivity index (χ3n) is 2.48. The van der Waals surface area contributed by atoms with Crippen molar-refractivity contribution in [3.05, 3.63) is 34.9 Å². The van der Waals surface area contributed by atoms with E-state index in [0.717, 1.165) is 11.1 Å². The molecule has 0 aliphatic rings. The maximum Gasteiger partial charge on any atom is 0.469 e. The van der Waals surface area contributed by atoms with Gasteiger partial charge in [0.2, 0.25) is 0 Å². The number of hydrogen-bond donors (Lipinski definition) is 8. The van der Waals surface area contributed by atoms with Gasteiger partial charge in [0.25, 0.3) is 0 Å². The molecule has 0 aliphatic carbocycles. The van der Waals surface area contributed by atoms with Gasteiger partial charge in [0.15, 0.2) is 11.9 Å². The van der Waals surface area contributed by atoms with Gasteiger partial charge in [-0.15, -0.1) is 0 Å². The lowest BCUT2D eigenvalue weighted by Gasteiger charge is -2.12. The van der Waals surface area contributed by atoms with Crippen LogP contribution in [0.5, 0.6) is 0 Å². The molecule has 0 radical (unpaired) electrons. The van der Waals surface area contributed by atoms with Gasteiger partial charge in [0, 0.05) is 13.1 Å². The zero-order valence-electron chi connectivity index (χ0n) is 11.7. The fourth-order valence-electron chi connectivity index (χ4n) is 1.68. The minimum Gasteiger partial charge on any atom is -0.370 e.